The van der Waals surface area contributed by atoms with Crippen molar-refractivity contribution in [3.05, 3.63) is 114 Å². The van der Waals surface area contributed by atoms with Gasteiger partial charge in [-0.1, -0.05) is 48.5 Å². The van der Waals surface area contributed by atoms with Gasteiger partial charge in [0, 0.05) is 5.56 Å². The standard InChI is InChI=1S/C26H21FO4/c27-23-11-9-22(10-12-23)25(28)15-8-21-6-13-24(14-7-21)31-26(29)17-19-30-18-16-20-4-2-1-3-5-20/h1-16,18H,17,19H2. The molecule has 0 heterocycles. The number of ketones is 1. The number of rotatable bonds is 9. The Balaban J connectivity index is 1.42. The number of hydrogen-bond acceptors (Lipinski definition) is 4. The van der Waals surface area contributed by atoms with Crippen LogP contribution >= 0.6 is 0 Å². The van der Waals surface area contributed by atoms with Gasteiger partial charge >= 0.3 is 5.97 Å². The molecular formula is C26H21FO4. The van der Waals surface area contributed by atoms with Crippen LogP contribution in [0.4, 0.5) is 4.39 Å². The average molecular weight is 416 g/mol. The quantitative estimate of drug-likeness (QED) is 0.112. The number of carbonyl (C=O) groups is 2. The molecule has 3 rings (SSSR count). The van der Waals surface area contributed by atoms with Gasteiger partial charge < -0.3 is 9.47 Å². The molecule has 0 atom stereocenters. The molecule has 0 aliphatic carbocycles. The maximum absolute atomic E-state index is 12.9. The molecule has 156 valence electrons. The first-order valence-electron chi connectivity index (χ1n) is 9.72. The highest BCUT2D eigenvalue weighted by atomic mass is 19.1. The molecule has 0 saturated carbocycles. The molecule has 0 spiro atoms. The van der Waals surface area contributed by atoms with E-state index in [1.165, 1.54) is 30.3 Å². The van der Waals surface area contributed by atoms with Gasteiger partial charge in [0.25, 0.3) is 0 Å². The van der Waals surface area contributed by atoms with Crippen molar-refractivity contribution in [1.82, 2.24) is 0 Å². The third kappa shape index (κ3) is 7.40. The van der Waals surface area contributed by atoms with Gasteiger partial charge in [-0.15, -0.1) is 0 Å². The molecule has 0 aliphatic rings. The summed E-state index contributed by atoms with van der Waals surface area (Å²) >= 11 is 0. The van der Waals surface area contributed by atoms with E-state index in [9.17, 15) is 14.0 Å². The molecule has 3 aromatic rings. The Hall–Kier alpha value is -3.99. The zero-order valence-electron chi connectivity index (χ0n) is 16.7. The zero-order valence-corrected chi connectivity index (χ0v) is 16.7. The minimum Gasteiger partial charge on any atom is -0.501 e. The maximum atomic E-state index is 12.9. The summed E-state index contributed by atoms with van der Waals surface area (Å²) in [7, 11) is 0. The summed E-state index contributed by atoms with van der Waals surface area (Å²) in [4.78, 5) is 24.0. The number of ether oxygens (including phenoxy) is 2. The lowest BCUT2D eigenvalue weighted by Gasteiger charge is -2.05. The minimum atomic E-state index is -0.400. The largest absolute Gasteiger partial charge is 0.501 e. The third-order valence-electron chi connectivity index (χ3n) is 4.25. The van der Waals surface area contributed by atoms with Crippen molar-refractivity contribution in [2.75, 3.05) is 6.61 Å². The molecule has 0 aliphatic heterocycles. The van der Waals surface area contributed by atoms with Crippen LogP contribution in [0.25, 0.3) is 12.2 Å². The molecule has 5 heteroatoms. The molecule has 0 aromatic heterocycles. The molecule has 0 bridgehead atoms. The predicted octanol–water partition coefficient (Wildman–Crippen LogP) is 5.70. The molecule has 3 aromatic carbocycles. The van der Waals surface area contributed by atoms with E-state index in [1.54, 1.807) is 36.6 Å². The van der Waals surface area contributed by atoms with E-state index >= 15 is 0 Å². The normalized spacial score (nSPS) is 11.0. The van der Waals surface area contributed by atoms with Crippen molar-refractivity contribution in [3.63, 3.8) is 0 Å². The number of carbonyl (C=O) groups excluding carboxylic acids is 2. The molecule has 0 fully saturated rings. The van der Waals surface area contributed by atoms with Gasteiger partial charge in [-0.05, 0) is 59.7 Å². The van der Waals surface area contributed by atoms with Crippen LogP contribution in [0.3, 0.4) is 0 Å². The second-order valence-electron chi connectivity index (χ2n) is 6.58. The van der Waals surface area contributed by atoms with Crippen LogP contribution in [-0.4, -0.2) is 18.4 Å². The van der Waals surface area contributed by atoms with Crippen molar-refractivity contribution in [2.45, 2.75) is 6.42 Å². The van der Waals surface area contributed by atoms with Crippen molar-refractivity contribution in [1.29, 1.82) is 0 Å². The van der Waals surface area contributed by atoms with Crippen molar-refractivity contribution >= 4 is 23.9 Å². The Labute approximate surface area is 180 Å². The molecule has 0 saturated heterocycles. The number of allylic oxidation sites excluding steroid dienone is 1. The molecule has 4 nitrogen and oxygen atoms in total. The summed E-state index contributed by atoms with van der Waals surface area (Å²) in [6.45, 7) is 0.217. The van der Waals surface area contributed by atoms with Crippen LogP contribution < -0.4 is 4.74 Å². The van der Waals surface area contributed by atoms with Gasteiger partial charge in [0.15, 0.2) is 5.78 Å². The van der Waals surface area contributed by atoms with Gasteiger partial charge in [0.2, 0.25) is 0 Å². The maximum Gasteiger partial charge on any atom is 0.314 e. The Morgan fingerprint density at radius 1 is 0.806 bits per heavy atom. The third-order valence-corrected chi connectivity index (χ3v) is 4.25. The monoisotopic (exact) mass is 416 g/mol. The fourth-order valence-corrected chi connectivity index (χ4v) is 2.61. The van der Waals surface area contributed by atoms with E-state index in [1.807, 2.05) is 36.4 Å². The first-order valence-corrected chi connectivity index (χ1v) is 9.72. The summed E-state index contributed by atoms with van der Waals surface area (Å²) in [5.74, 6) is -0.604. The van der Waals surface area contributed by atoms with E-state index in [-0.39, 0.29) is 24.6 Å². The van der Waals surface area contributed by atoms with Crippen LogP contribution in [0.5, 0.6) is 5.75 Å². The summed E-state index contributed by atoms with van der Waals surface area (Å²) in [5, 5.41) is 0. The molecular weight excluding hydrogens is 395 g/mol. The number of hydrogen-bond donors (Lipinski definition) is 0. The first kappa shape index (κ1) is 21.7. The van der Waals surface area contributed by atoms with Gasteiger partial charge in [-0.25, -0.2) is 4.39 Å². The fraction of sp³-hybridized carbons (Fsp3) is 0.0769. The van der Waals surface area contributed by atoms with Crippen LogP contribution in [-0.2, 0) is 9.53 Å². The highest BCUT2D eigenvalue weighted by molar-refractivity contribution is 6.06. The summed E-state index contributed by atoms with van der Waals surface area (Å²) in [5.41, 5.74) is 2.19. The van der Waals surface area contributed by atoms with Crippen molar-refractivity contribution in [2.24, 2.45) is 0 Å². The second-order valence-corrected chi connectivity index (χ2v) is 6.58. The highest BCUT2D eigenvalue weighted by Gasteiger charge is 2.05. The summed E-state index contributed by atoms with van der Waals surface area (Å²) in [6.07, 6.45) is 6.54. The van der Waals surface area contributed by atoms with E-state index in [0.29, 0.717) is 11.3 Å². The highest BCUT2D eigenvalue weighted by Crippen LogP contribution is 2.15. The number of halogens is 1. The van der Waals surface area contributed by atoms with Crippen molar-refractivity contribution < 1.29 is 23.5 Å². The topological polar surface area (TPSA) is 52.6 Å². The molecule has 31 heavy (non-hydrogen) atoms. The van der Waals surface area contributed by atoms with Crippen LogP contribution in [0.15, 0.2) is 91.2 Å². The fourth-order valence-electron chi connectivity index (χ4n) is 2.61. The van der Waals surface area contributed by atoms with Gasteiger partial charge in [-0.2, -0.15) is 0 Å². The number of esters is 1. The SMILES string of the molecule is O=C(CCOC=Cc1ccccc1)Oc1ccc(C=CC(=O)c2ccc(F)cc2)cc1. The summed E-state index contributed by atoms with van der Waals surface area (Å²) in [6, 6.07) is 21.8. The van der Waals surface area contributed by atoms with Crippen LogP contribution in [0.2, 0.25) is 0 Å². The Morgan fingerprint density at radius 3 is 2.19 bits per heavy atom. The second kappa shape index (κ2) is 11.3. The van der Waals surface area contributed by atoms with E-state index in [2.05, 4.69) is 0 Å². The van der Waals surface area contributed by atoms with E-state index in [4.69, 9.17) is 9.47 Å². The number of benzene rings is 3. The van der Waals surface area contributed by atoms with Gasteiger partial charge in [0.05, 0.1) is 19.3 Å². The van der Waals surface area contributed by atoms with E-state index in [0.717, 1.165) is 11.1 Å². The van der Waals surface area contributed by atoms with Crippen LogP contribution in [0, 0.1) is 5.82 Å². The summed E-state index contributed by atoms with van der Waals surface area (Å²) < 4.78 is 23.5. The average Bonchev–Trinajstić information content (AvgIpc) is 2.79. The lowest BCUT2D eigenvalue weighted by Crippen LogP contribution is -2.10. The lowest BCUT2D eigenvalue weighted by molar-refractivity contribution is -0.135. The smallest absolute Gasteiger partial charge is 0.314 e. The van der Waals surface area contributed by atoms with Crippen molar-refractivity contribution in [3.8, 4) is 5.75 Å². The molecule has 0 amide bonds. The Bertz CT molecular complexity index is 1050. The molecule has 0 radical (unpaired) electrons. The predicted molar refractivity (Wildman–Crippen MR) is 118 cm³/mol. The minimum absolute atomic E-state index is 0.118. The Morgan fingerprint density at radius 2 is 1.48 bits per heavy atom. The van der Waals surface area contributed by atoms with Gasteiger partial charge in [0.1, 0.15) is 11.6 Å². The molecule has 0 N–H and O–H groups in total. The molecule has 0 unspecified atom stereocenters. The Kier molecular flexibility index (Phi) is 7.89. The van der Waals surface area contributed by atoms with Crippen LogP contribution in [0.1, 0.15) is 27.9 Å². The lowest BCUT2D eigenvalue weighted by atomic mass is 10.1. The van der Waals surface area contributed by atoms with E-state index < -0.39 is 5.97 Å². The zero-order chi connectivity index (χ0) is 21.9. The first-order chi connectivity index (χ1) is 15.1. The van der Waals surface area contributed by atoms with Gasteiger partial charge in [-0.3, -0.25) is 9.59 Å².